The lowest BCUT2D eigenvalue weighted by molar-refractivity contribution is 0.0967. The van der Waals surface area contributed by atoms with Crippen LogP contribution in [0.1, 0.15) is 35.4 Å². The van der Waals surface area contributed by atoms with Gasteiger partial charge < -0.3 is 20.7 Å². The summed E-state index contributed by atoms with van der Waals surface area (Å²) in [5.74, 6) is 0.493. The number of thiophene rings is 1. The summed E-state index contributed by atoms with van der Waals surface area (Å²) in [7, 11) is 3.22. The van der Waals surface area contributed by atoms with E-state index >= 15 is 0 Å². The smallest absolute Gasteiger partial charge is 0.263 e. The molecule has 0 atom stereocenters. The number of methoxy groups -OCH3 is 1. The van der Waals surface area contributed by atoms with Gasteiger partial charge in [0.25, 0.3) is 5.91 Å². The second kappa shape index (κ2) is 6.14. The molecule has 1 aliphatic heterocycles. The molecule has 0 saturated carbocycles. The number of nitrogens with one attached hydrogen (secondary N) is 1. The molecule has 0 aromatic carbocycles. The molecule has 19 heavy (non-hydrogen) atoms. The number of nitrogens with zero attached hydrogens (tertiary/aromatic N) is 1. The van der Waals surface area contributed by atoms with Crippen molar-refractivity contribution in [1.29, 1.82) is 0 Å². The zero-order valence-corrected chi connectivity index (χ0v) is 12.3. The maximum absolute atomic E-state index is 11.8. The summed E-state index contributed by atoms with van der Waals surface area (Å²) in [5.41, 5.74) is 6.48. The monoisotopic (exact) mass is 283 g/mol. The van der Waals surface area contributed by atoms with Crippen molar-refractivity contribution in [2.75, 3.05) is 37.9 Å². The normalized spacial score (nSPS) is 16.0. The van der Waals surface area contributed by atoms with Crippen molar-refractivity contribution in [3.63, 3.8) is 0 Å². The summed E-state index contributed by atoms with van der Waals surface area (Å²) in [5, 5.41) is 3.61. The largest absolute Gasteiger partial charge is 0.492 e. The molecule has 106 valence electrons. The van der Waals surface area contributed by atoms with E-state index in [0.717, 1.165) is 18.1 Å². The standard InChI is InChI=1S/C13H21N3O2S/c1-15-12(17)11-9(14)10(18-2)13(19-11)16-7-5-3-4-6-8-16/h3-8,14H2,1-2H3,(H,15,17). The van der Waals surface area contributed by atoms with Gasteiger partial charge in [-0.15, -0.1) is 11.3 Å². The molecule has 1 saturated heterocycles. The van der Waals surface area contributed by atoms with Gasteiger partial charge in [0, 0.05) is 20.1 Å². The fourth-order valence-corrected chi connectivity index (χ4v) is 3.57. The maximum atomic E-state index is 11.8. The zero-order valence-electron chi connectivity index (χ0n) is 11.5. The van der Waals surface area contributed by atoms with Crippen molar-refractivity contribution in [2.24, 2.45) is 0 Å². The van der Waals surface area contributed by atoms with Crippen LogP contribution in [0.4, 0.5) is 10.7 Å². The molecule has 0 spiro atoms. The molecule has 5 nitrogen and oxygen atoms in total. The van der Waals surface area contributed by atoms with E-state index in [1.54, 1.807) is 14.2 Å². The zero-order chi connectivity index (χ0) is 13.8. The van der Waals surface area contributed by atoms with Crippen LogP contribution in [0.2, 0.25) is 0 Å². The van der Waals surface area contributed by atoms with Crippen molar-refractivity contribution >= 4 is 27.9 Å². The van der Waals surface area contributed by atoms with E-state index in [1.165, 1.54) is 37.0 Å². The summed E-state index contributed by atoms with van der Waals surface area (Å²) in [6.07, 6.45) is 4.89. The summed E-state index contributed by atoms with van der Waals surface area (Å²) >= 11 is 1.42. The van der Waals surface area contributed by atoms with Crippen LogP contribution in [-0.4, -0.2) is 33.2 Å². The van der Waals surface area contributed by atoms with E-state index in [1.807, 2.05) is 0 Å². The molecular formula is C13H21N3O2S. The maximum Gasteiger partial charge on any atom is 0.263 e. The first-order valence-corrected chi connectivity index (χ1v) is 7.44. The average molecular weight is 283 g/mol. The minimum atomic E-state index is -0.151. The number of hydrogen-bond acceptors (Lipinski definition) is 5. The molecule has 1 aliphatic rings. The van der Waals surface area contributed by atoms with Gasteiger partial charge in [-0.05, 0) is 12.8 Å². The molecule has 1 aromatic heterocycles. The van der Waals surface area contributed by atoms with E-state index in [0.29, 0.717) is 16.3 Å². The lowest BCUT2D eigenvalue weighted by atomic mass is 10.2. The van der Waals surface area contributed by atoms with Crippen LogP contribution >= 0.6 is 11.3 Å². The third-order valence-electron chi connectivity index (χ3n) is 3.41. The van der Waals surface area contributed by atoms with Gasteiger partial charge in [0.1, 0.15) is 15.6 Å². The minimum Gasteiger partial charge on any atom is -0.492 e. The number of amides is 1. The number of rotatable bonds is 3. The Morgan fingerprint density at radius 3 is 2.47 bits per heavy atom. The molecule has 1 aromatic rings. The highest BCUT2D eigenvalue weighted by Gasteiger charge is 2.25. The van der Waals surface area contributed by atoms with E-state index in [2.05, 4.69) is 10.2 Å². The van der Waals surface area contributed by atoms with Gasteiger partial charge in [-0.1, -0.05) is 12.8 Å². The summed E-state index contributed by atoms with van der Waals surface area (Å²) in [6, 6.07) is 0. The Bertz CT molecular complexity index is 451. The second-order valence-corrected chi connectivity index (χ2v) is 5.66. The Balaban J connectivity index is 2.35. The van der Waals surface area contributed by atoms with E-state index in [4.69, 9.17) is 10.5 Å². The number of carbonyl (C=O) groups is 1. The van der Waals surface area contributed by atoms with E-state index < -0.39 is 0 Å². The van der Waals surface area contributed by atoms with Crippen LogP contribution in [0.25, 0.3) is 0 Å². The Labute approximate surface area is 117 Å². The van der Waals surface area contributed by atoms with Crippen LogP contribution in [0.5, 0.6) is 5.75 Å². The topological polar surface area (TPSA) is 67.6 Å². The highest BCUT2D eigenvalue weighted by atomic mass is 32.1. The van der Waals surface area contributed by atoms with Gasteiger partial charge in [-0.25, -0.2) is 0 Å². The molecule has 0 bridgehead atoms. The first-order chi connectivity index (χ1) is 9.19. The van der Waals surface area contributed by atoms with Gasteiger partial charge in [0.15, 0.2) is 5.75 Å². The van der Waals surface area contributed by atoms with E-state index in [9.17, 15) is 4.79 Å². The van der Waals surface area contributed by atoms with Crippen LogP contribution < -0.4 is 20.7 Å². The lowest BCUT2D eigenvalue weighted by Gasteiger charge is -2.21. The quantitative estimate of drug-likeness (QED) is 0.891. The molecule has 6 heteroatoms. The molecule has 0 radical (unpaired) electrons. The Hall–Kier alpha value is -1.43. The third kappa shape index (κ3) is 2.78. The van der Waals surface area contributed by atoms with Gasteiger partial charge in [-0.3, -0.25) is 4.79 Å². The predicted molar refractivity (Wildman–Crippen MR) is 79.4 cm³/mol. The Kier molecular flexibility index (Phi) is 4.52. The van der Waals surface area contributed by atoms with Crippen molar-refractivity contribution in [3.05, 3.63) is 4.88 Å². The van der Waals surface area contributed by atoms with Crippen LogP contribution in [-0.2, 0) is 0 Å². The van der Waals surface area contributed by atoms with Crippen molar-refractivity contribution in [3.8, 4) is 5.75 Å². The van der Waals surface area contributed by atoms with Crippen LogP contribution in [0.3, 0.4) is 0 Å². The molecular weight excluding hydrogens is 262 g/mol. The molecule has 1 fully saturated rings. The SMILES string of the molecule is CNC(=O)c1sc(N2CCCCCC2)c(OC)c1N. The number of ether oxygens (including phenoxy) is 1. The Morgan fingerprint density at radius 1 is 1.32 bits per heavy atom. The van der Waals surface area contributed by atoms with Crippen molar-refractivity contribution in [2.45, 2.75) is 25.7 Å². The minimum absolute atomic E-state index is 0.151. The molecule has 2 rings (SSSR count). The fourth-order valence-electron chi connectivity index (χ4n) is 2.38. The first kappa shape index (κ1) is 14.0. The number of nitrogens with two attached hydrogens (primary N) is 1. The summed E-state index contributed by atoms with van der Waals surface area (Å²) in [4.78, 5) is 14.6. The van der Waals surface area contributed by atoms with Crippen LogP contribution in [0.15, 0.2) is 0 Å². The van der Waals surface area contributed by atoms with Crippen LogP contribution in [0, 0.1) is 0 Å². The number of carbonyl (C=O) groups excluding carboxylic acids is 1. The van der Waals surface area contributed by atoms with Crippen molar-refractivity contribution < 1.29 is 9.53 Å². The fraction of sp³-hybridized carbons (Fsp3) is 0.615. The lowest BCUT2D eigenvalue weighted by Crippen LogP contribution is -2.23. The molecule has 2 heterocycles. The van der Waals surface area contributed by atoms with Gasteiger partial charge in [0.2, 0.25) is 0 Å². The van der Waals surface area contributed by atoms with Gasteiger partial charge in [0.05, 0.1) is 7.11 Å². The first-order valence-electron chi connectivity index (χ1n) is 6.62. The molecule has 0 unspecified atom stereocenters. The number of nitrogen functional groups attached to an aromatic ring is 1. The molecule has 1 amide bonds. The highest BCUT2D eigenvalue weighted by Crippen LogP contribution is 2.45. The second-order valence-electron chi connectivity index (χ2n) is 4.66. The molecule has 3 N–H and O–H groups in total. The number of anilines is 2. The van der Waals surface area contributed by atoms with E-state index in [-0.39, 0.29) is 5.91 Å². The van der Waals surface area contributed by atoms with Gasteiger partial charge >= 0.3 is 0 Å². The summed E-state index contributed by atoms with van der Waals surface area (Å²) < 4.78 is 5.41. The summed E-state index contributed by atoms with van der Waals surface area (Å²) in [6.45, 7) is 2.01. The molecule has 0 aliphatic carbocycles. The Morgan fingerprint density at radius 2 is 1.95 bits per heavy atom. The third-order valence-corrected chi connectivity index (χ3v) is 4.66. The van der Waals surface area contributed by atoms with Gasteiger partial charge in [-0.2, -0.15) is 0 Å². The predicted octanol–water partition coefficient (Wildman–Crippen LogP) is 2.08. The van der Waals surface area contributed by atoms with Crippen molar-refractivity contribution in [1.82, 2.24) is 5.32 Å². The average Bonchev–Trinajstić information content (AvgIpc) is 2.61. The highest BCUT2D eigenvalue weighted by molar-refractivity contribution is 7.19. The number of hydrogen-bond donors (Lipinski definition) is 2.